The fourth-order valence-electron chi connectivity index (χ4n) is 1.90. The molecule has 0 saturated carbocycles. The zero-order chi connectivity index (χ0) is 15.4. The average Bonchev–Trinajstić information content (AvgIpc) is 2.32. The first-order valence-corrected chi connectivity index (χ1v) is 6.17. The normalized spacial score (nSPS) is 10.7. The van der Waals surface area contributed by atoms with Crippen LogP contribution in [0.15, 0.2) is 12.1 Å². The summed E-state index contributed by atoms with van der Waals surface area (Å²) in [4.78, 5) is 22.7. The van der Waals surface area contributed by atoms with Crippen molar-refractivity contribution < 1.29 is 19.2 Å². The Morgan fingerprint density at radius 1 is 1.50 bits per heavy atom. The third-order valence-corrected chi connectivity index (χ3v) is 2.95. The van der Waals surface area contributed by atoms with Crippen LogP contribution < -0.4 is 4.90 Å². The molecule has 0 bridgehead atoms. The van der Waals surface area contributed by atoms with Crippen molar-refractivity contribution in [3.63, 3.8) is 0 Å². The number of hydrogen-bond acceptors (Lipinski definition) is 4. The van der Waals surface area contributed by atoms with Gasteiger partial charge < -0.3 is 10.0 Å². The minimum absolute atomic E-state index is 0.124. The quantitative estimate of drug-likeness (QED) is 0.641. The third kappa shape index (κ3) is 3.66. The van der Waals surface area contributed by atoms with Gasteiger partial charge in [0, 0.05) is 12.6 Å². The van der Waals surface area contributed by atoms with Crippen LogP contribution in [0.3, 0.4) is 0 Å². The maximum atomic E-state index is 13.5. The highest BCUT2D eigenvalue weighted by Gasteiger charge is 2.24. The standard InChI is InChI=1S/C13H17FN2O4/c1-8(2)15(5-4-13(17)18)11-6-9(3)10(14)7-12(11)16(19)20/h6-8H,4-5H2,1-3H3,(H,17,18). The summed E-state index contributed by atoms with van der Waals surface area (Å²) in [5.74, 6) is -1.64. The molecule has 0 aliphatic heterocycles. The van der Waals surface area contributed by atoms with Gasteiger partial charge in [-0.3, -0.25) is 14.9 Å². The molecule has 0 heterocycles. The van der Waals surface area contributed by atoms with E-state index in [0.717, 1.165) is 6.07 Å². The van der Waals surface area contributed by atoms with E-state index in [0.29, 0.717) is 0 Å². The van der Waals surface area contributed by atoms with E-state index >= 15 is 0 Å². The number of nitro groups is 1. The van der Waals surface area contributed by atoms with Gasteiger partial charge in [0.15, 0.2) is 0 Å². The number of aryl methyl sites for hydroxylation is 1. The summed E-state index contributed by atoms with van der Waals surface area (Å²) in [6.07, 6.45) is -0.147. The summed E-state index contributed by atoms with van der Waals surface area (Å²) in [5.41, 5.74) is 0.170. The lowest BCUT2D eigenvalue weighted by molar-refractivity contribution is -0.384. The molecule has 0 spiro atoms. The monoisotopic (exact) mass is 284 g/mol. The van der Waals surface area contributed by atoms with Crippen molar-refractivity contribution in [2.75, 3.05) is 11.4 Å². The van der Waals surface area contributed by atoms with Crippen molar-refractivity contribution in [1.82, 2.24) is 0 Å². The Morgan fingerprint density at radius 2 is 2.10 bits per heavy atom. The Balaban J connectivity index is 3.27. The highest BCUT2D eigenvalue weighted by atomic mass is 19.1. The number of aliphatic carboxylic acids is 1. The van der Waals surface area contributed by atoms with Gasteiger partial charge >= 0.3 is 5.97 Å². The fourth-order valence-corrected chi connectivity index (χ4v) is 1.90. The number of carboxylic acids is 1. The number of nitro benzene ring substituents is 1. The molecule has 1 aromatic carbocycles. The van der Waals surface area contributed by atoms with Gasteiger partial charge in [0.25, 0.3) is 5.69 Å². The van der Waals surface area contributed by atoms with E-state index in [-0.39, 0.29) is 35.9 Å². The molecule has 0 aliphatic rings. The van der Waals surface area contributed by atoms with Crippen molar-refractivity contribution in [1.29, 1.82) is 0 Å². The first kappa shape index (κ1) is 15.9. The zero-order valence-corrected chi connectivity index (χ0v) is 11.6. The summed E-state index contributed by atoms with van der Waals surface area (Å²) >= 11 is 0. The Hall–Kier alpha value is -2.18. The minimum atomic E-state index is -0.989. The van der Waals surface area contributed by atoms with Crippen LogP contribution in [0.4, 0.5) is 15.8 Å². The Labute approximate surface area is 116 Å². The lowest BCUT2D eigenvalue weighted by Gasteiger charge is -2.28. The lowest BCUT2D eigenvalue weighted by Crippen LogP contribution is -2.33. The predicted octanol–water partition coefficient (Wildman–Crippen LogP) is 2.73. The van der Waals surface area contributed by atoms with Gasteiger partial charge in [-0.1, -0.05) is 0 Å². The van der Waals surface area contributed by atoms with Gasteiger partial charge in [-0.2, -0.15) is 0 Å². The second-order valence-corrected chi connectivity index (χ2v) is 4.78. The van der Waals surface area contributed by atoms with Crippen molar-refractivity contribution in [2.45, 2.75) is 33.2 Å². The molecule has 0 radical (unpaired) electrons. The van der Waals surface area contributed by atoms with E-state index in [1.54, 1.807) is 18.7 Å². The van der Waals surface area contributed by atoms with Gasteiger partial charge in [0.05, 0.1) is 17.4 Å². The van der Waals surface area contributed by atoms with Crippen LogP contribution in [-0.2, 0) is 4.79 Å². The highest BCUT2D eigenvalue weighted by Crippen LogP contribution is 2.32. The molecule has 0 atom stereocenters. The smallest absolute Gasteiger partial charge is 0.305 e. The SMILES string of the molecule is Cc1cc(N(CCC(=O)O)C(C)C)c([N+](=O)[O-])cc1F. The van der Waals surface area contributed by atoms with E-state index in [2.05, 4.69) is 0 Å². The van der Waals surface area contributed by atoms with Crippen LogP contribution in [0.1, 0.15) is 25.8 Å². The van der Waals surface area contributed by atoms with E-state index in [4.69, 9.17) is 5.11 Å². The van der Waals surface area contributed by atoms with Crippen molar-refractivity contribution in [3.05, 3.63) is 33.6 Å². The average molecular weight is 284 g/mol. The number of benzene rings is 1. The summed E-state index contributed by atoms with van der Waals surface area (Å²) in [7, 11) is 0. The molecule has 0 fully saturated rings. The maximum absolute atomic E-state index is 13.5. The fraction of sp³-hybridized carbons (Fsp3) is 0.462. The number of nitrogens with zero attached hydrogens (tertiary/aromatic N) is 2. The topological polar surface area (TPSA) is 83.7 Å². The van der Waals surface area contributed by atoms with E-state index in [1.807, 2.05) is 0 Å². The minimum Gasteiger partial charge on any atom is -0.481 e. The summed E-state index contributed by atoms with van der Waals surface area (Å²) in [6.45, 7) is 5.23. The molecule has 0 amide bonds. The van der Waals surface area contributed by atoms with Gasteiger partial charge in [-0.05, 0) is 32.4 Å². The Bertz CT molecular complexity index is 531. The molecule has 110 valence electrons. The molecule has 6 nitrogen and oxygen atoms in total. The predicted molar refractivity (Wildman–Crippen MR) is 72.5 cm³/mol. The maximum Gasteiger partial charge on any atom is 0.305 e. The van der Waals surface area contributed by atoms with Gasteiger partial charge in [-0.15, -0.1) is 0 Å². The van der Waals surface area contributed by atoms with Gasteiger partial charge in [0.1, 0.15) is 11.5 Å². The van der Waals surface area contributed by atoms with Crippen LogP contribution in [0.25, 0.3) is 0 Å². The van der Waals surface area contributed by atoms with Crippen molar-refractivity contribution in [3.8, 4) is 0 Å². The van der Waals surface area contributed by atoms with E-state index in [1.165, 1.54) is 13.0 Å². The number of carboxylic acid groups (broad SMARTS) is 1. The zero-order valence-electron chi connectivity index (χ0n) is 11.6. The summed E-state index contributed by atoms with van der Waals surface area (Å²) in [5, 5.41) is 19.8. The molecule has 1 rings (SSSR count). The molecule has 0 aromatic heterocycles. The van der Waals surface area contributed by atoms with Crippen LogP contribution in [0.2, 0.25) is 0 Å². The molecular weight excluding hydrogens is 267 g/mol. The molecule has 1 aromatic rings. The molecule has 0 aliphatic carbocycles. The number of anilines is 1. The number of rotatable bonds is 6. The molecule has 0 unspecified atom stereocenters. The molecule has 1 N–H and O–H groups in total. The molecule has 7 heteroatoms. The highest BCUT2D eigenvalue weighted by molar-refractivity contribution is 5.69. The van der Waals surface area contributed by atoms with Crippen LogP contribution in [-0.4, -0.2) is 28.6 Å². The van der Waals surface area contributed by atoms with E-state index in [9.17, 15) is 19.3 Å². The summed E-state index contributed by atoms with van der Waals surface area (Å²) < 4.78 is 13.5. The first-order valence-electron chi connectivity index (χ1n) is 6.17. The Morgan fingerprint density at radius 3 is 2.55 bits per heavy atom. The first-order chi connectivity index (χ1) is 9.23. The van der Waals surface area contributed by atoms with Crippen LogP contribution in [0, 0.1) is 22.9 Å². The van der Waals surface area contributed by atoms with Crippen LogP contribution >= 0.6 is 0 Å². The number of halogens is 1. The van der Waals surface area contributed by atoms with Gasteiger partial charge in [-0.25, -0.2) is 4.39 Å². The van der Waals surface area contributed by atoms with E-state index < -0.39 is 16.7 Å². The number of hydrogen-bond donors (Lipinski definition) is 1. The third-order valence-electron chi connectivity index (χ3n) is 2.95. The molecular formula is C13H17FN2O4. The molecule has 0 saturated heterocycles. The largest absolute Gasteiger partial charge is 0.481 e. The Kier molecular flexibility index (Phi) is 5.01. The summed E-state index contributed by atoms with van der Waals surface area (Å²) in [6, 6.07) is 2.12. The second-order valence-electron chi connectivity index (χ2n) is 4.78. The lowest BCUT2D eigenvalue weighted by atomic mass is 10.1. The van der Waals surface area contributed by atoms with Crippen LogP contribution in [0.5, 0.6) is 0 Å². The van der Waals surface area contributed by atoms with Crippen molar-refractivity contribution in [2.24, 2.45) is 0 Å². The van der Waals surface area contributed by atoms with Crippen molar-refractivity contribution >= 4 is 17.3 Å². The second kappa shape index (κ2) is 6.31. The molecule has 20 heavy (non-hydrogen) atoms. The van der Waals surface area contributed by atoms with Gasteiger partial charge in [0.2, 0.25) is 0 Å². The number of carbonyl (C=O) groups is 1.